The maximum absolute atomic E-state index is 11.6. The van der Waals surface area contributed by atoms with Crippen molar-refractivity contribution >= 4 is 5.82 Å². The van der Waals surface area contributed by atoms with Crippen LogP contribution in [-0.2, 0) is 0 Å². The molecular formula is C15H25N3O. The van der Waals surface area contributed by atoms with Crippen molar-refractivity contribution < 1.29 is 0 Å². The van der Waals surface area contributed by atoms with Crippen LogP contribution in [0.1, 0.15) is 58.2 Å². The fraction of sp³-hybridized carbons (Fsp3) is 0.733. The van der Waals surface area contributed by atoms with Crippen molar-refractivity contribution in [3.05, 3.63) is 22.2 Å². The monoisotopic (exact) mass is 263 g/mol. The molecule has 0 aromatic carbocycles. The summed E-state index contributed by atoms with van der Waals surface area (Å²) in [5, 5.41) is 3.34. The Kier molecular flexibility index (Phi) is 4.61. The van der Waals surface area contributed by atoms with Crippen LogP contribution in [0, 0.1) is 11.8 Å². The summed E-state index contributed by atoms with van der Waals surface area (Å²) in [6.45, 7) is 7.32. The first kappa shape index (κ1) is 14.1. The van der Waals surface area contributed by atoms with Gasteiger partial charge in [-0.15, -0.1) is 0 Å². The second-order valence-corrected chi connectivity index (χ2v) is 6.19. The van der Waals surface area contributed by atoms with E-state index in [1.165, 1.54) is 25.7 Å². The van der Waals surface area contributed by atoms with Gasteiger partial charge < -0.3 is 10.3 Å². The van der Waals surface area contributed by atoms with Crippen molar-refractivity contribution in [2.45, 2.75) is 52.4 Å². The summed E-state index contributed by atoms with van der Waals surface area (Å²) >= 11 is 0. The Morgan fingerprint density at radius 2 is 2.26 bits per heavy atom. The largest absolute Gasteiger partial charge is 0.370 e. The number of aromatic nitrogens is 2. The lowest BCUT2D eigenvalue weighted by Crippen LogP contribution is -2.22. The van der Waals surface area contributed by atoms with Gasteiger partial charge in [0.25, 0.3) is 5.56 Å². The summed E-state index contributed by atoms with van der Waals surface area (Å²) < 4.78 is 0. The van der Waals surface area contributed by atoms with Crippen molar-refractivity contribution in [2.24, 2.45) is 11.8 Å². The Hall–Kier alpha value is -1.32. The second-order valence-electron chi connectivity index (χ2n) is 6.19. The second kappa shape index (κ2) is 6.22. The summed E-state index contributed by atoms with van der Waals surface area (Å²) in [4.78, 5) is 18.8. The lowest BCUT2D eigenvalue weighted by atomic mass is 9.82. The molecule has 1 aromatic rings. The molecule has 2 rings (SSSR count). The highest BCUT2D eigenvalue weighted by molar-refractivity contribution is 5.33. The summed E-state index contributed by atoms with van der Waals surface area (Å²) in [7, 11) is 0. The molecule has 0 aliphatic heterocycles. The van der Waals surface area contributed by atoms with E-state index in [1.54, 1.807) is 6.07 Å². The molecule has 2 atom stereocenters. The van der Waals surface area contributed by atoms with Crippen LogP contribution in [0.2, 0.25) is 0 Å². The number of nitrogens with zero attached hydrogens (tertiary/aromatic N) is 1. The average molecular weight is 263 g/mol. The Balaban J connectivity index is 1.97. The van der Waals surface area contributed by atoms with Gasteiger partial charge in [-0.3, -0.25) is 4.79 Å². The molecule has 4 nitrogen and oxygen atoms in total. The number of hydrogen-bond donors (Lipinski definition) is 2. The zero-order valence-corrected chi connectivity index (χ0v) is 12.2. The predicted molar refractivity (Wildman–Crippen MR) is 78.6 cm³/mol. The molecule has 0 radical (unpaired) electrons. The molecule has 2 unspecified atom stereocenters. The summed E-state index contributed by atoms with van der Waals surface area (Å²) in [5.41, 5.74) is -0.0711. The molecule has 2 N–H and O–H groups in total. The molecule has 1 saturated carbocycles. The minimum Gasteiger partial charge on any atom is -0.370 e. The van der Waals surface area contributed by atoms with Gasteiger partial charge in [0.1, 0.15) is 11.6 Å². The van der Waals surface area contributed by atoms with Gasteiger partial charge in [-0.1, -0.05) is 33.6 Å². The Morgan fingerprint density at radius 3 is 2.95 bits per heavy atom. The minimum atomic E-state index is -0.0711. The van der Waals surface area contributed by atoms with Crippen molar-refractivity contribution in [1.29, 1.82) is 0 Å². The third-order valence-electron chi connectivity index (χ3n) is 3.92. The Bertz CT molecular complexity index is 467. The molecule has 1 aromatic heterocycles. The van der Waals surface area contributed by atoms with Gasteiger partial charge in [0.05, 0.1) is 0 Å². The maximum atomic E-state index is 11.6. The molecule has 1 heterocycles. The van der Waals surface area contributed by atoms with E-state index in [-0.39, 0.29) is 11.5 Å². The van der Waals surface area contributed by atoms with E-state index in [9.17, 15) is 4.79 Å². The molecule has 1 aliphatic rings. The van der Waals surface area contributed by atoms with E-state index in [1.807, 2.05) is 13.8 Å². The number of nitrogens with one attached hydrogen (secondary N) is 2. The van der Waals surface area contributed by atoms with Crippen LogP contribution in [0.5, 0.6) is 0 Å². The fourth-order valence-corrected chi connectivity index (χ4v) is 2.83. The third-order valence-corrected chi connectivity index (χ3v) is 3.92. The van der Waals surface area contributed by atoms with E-state index in [0.29, 0.717) is 11.7 Å². The van der Waals surface area contributed by atoms with Gasteiger partial charge in [0, 0.05) is 18.5 Å². The zero-order chi connectivity index (χ0) is 13.8. The van der Waals surface area contributed by atoms with Crippen LogP contribution in [0.15, 0.2) is 10.9 Å². The number of anilines is 1. The first-order chi connectivity index (χ1) is 9.04. The molecule has 1 aliphatic carbocycles. The van der Waals surface area contributed by atoms with Crippen LogP contribution in [0.4, 0.5) is 5.82 Å². The lowest BCUT2D eigenvalue weighted by molar-refractivity contribution is 0.293. The molecule has 19 heavy (non-hydrogen) atoms. The van der Waals surface area contributed by atoms with E-state index in [4.69, 9.17) is 0 Å². The van der Waals surface area contributed by atoms with Crippen LogP contribution >= 0.6 is 0 Å². The topological polar surface area (TPSA) is 57.8 Å². The molecule has 4 heteroatoms. The summed E-state index contributed by atoms with van der Waals surface area (Å²) in [6, 6.07) is 1.55. The van der Waals surface area contributed by atoms with Gasteiger partial charge in [-0.2, -0.15) is 0 Å². The molecule has 1 fully saturated rings. The average Bonchev–Trinajstić information content (AvgIpc) is 2.36. The van der Waals surface area contributed by atoms with Gasteiger partial charge >= 0.3 is 0 Å². The quantitative estimate of drug-likeness (QED) is 0.877. The van der Waals surface area contributed by atoms with Crippen molar-refractivity contribution in [2.75, 3.05) is 11.9 Å². The standard InChI is InChI=1S/C15H25N3O/c1-10(2)15-17-13(8-14(19)18-15)16-9-12-6-4-5-11(3)7-12/h8,10-12H,4-7,9H2,1-3H3,(H2,16,17,18,19). The first-order valence-electron chi connectivity index (χ1n) is 7.39. The molecule has 106 valence electrons. The van der Waals surface area contributed by atoms with Gasteiger partial charge in [0.2, 0.25) is 0 Å². The Labute approximate surface area is 115 Å². The van der Waals surface area contributed by atoms with Gasteiger partial charge in [0.15, 0.2) is 0 Å². The summed E-state index contributed by atoms with van der Waals surface area (Å²) in [5.74, 6) is 3.26. The molecule has 0 amide bonds. The smallest absolute Gasteiger partial charge is 0.252 e. The minimum absolute atomic E-state index is 0.0711. The molecule has 0 saturated heterocycles. The SMILES string of the molecule is CC1CCCC(CNc2cc(=O)[nH]c(C(C)C)n2)C1. The van der Waals surface area contributed by atoms with Gasteiger partial charge in [-0.25, -0.2) is 4.98 Å². The normalized spacial score (nSPS) is 23.6. The highest BCUT2D eigenvalue weighted by Crippen LogP contribution is 2.28. The predicted octanol–water partition coefficient (Wildman–Crippen LogP) is 3.13. The van der Waals surface area contributed by atoms with Gasteiger partial charge in [-0.05, 0) is 24.7 Å². The van der Waals surface area contributed by atoms with E-state index >= 15 is 0 Å². The number of hydrogen-bond acceptors (Lipinski definition) is 3. The first-order valence-corrected chi connectivity index (χ1v) is 7.39. The van der Waals surface area contributed by atoms with Crippen LogP contribution in [0.3, 0.4) is 0 Å². The highest BCUT2D eigenvalue weighted by Gasteiger charge is 2.18. The van der Waals surface area contributed by atoms with E-state index in [0.717, 1.165) is 18.3 Å². The molecule has 0 spiro atoms. The number of aromatic amines is 1. The number of H-pyrrole nitrogens is 1. The van der Waals surface area contributed by atoms with Crippen LogP contribution < -0.4 is 10.9 Å². The van der Waals surface area contributed by atoms with Crippen LogP contribution in [-0.4, -0.2) is 16.5 Å². The summed E-state index contributed by atoms with van der Waals surface area (Å²) in [6.07, 6.45) is 5.26. The maximum Gasteiger partial charge on any atom is 0.252 e. The van der Waals surface area contributed by atoms with Crippen molar-refractivity contribution in [3.63, 3.8) is 0 Å². The number of rotatable bonds is 4. The zero-order valence-electron chi connectivity index (χ0n) is 12.2. The van der Waals surface area contributed by atoms with E-state index in [2.05, 4.69) is 22.2 Å². The Morgan fingerprint density at radius 1 is 1.47 bits per heavy atom. The highest BCUT2D eigenvalue weighted by atomic mass is 16.1. The van der Waals surface area contributed by atoms with Crippen molar-refractivity contribution in [1.82, 2.24) is 9.97 Å². The van der Waals surface area contributed by atoms with Crippen molar-refractivity contribution in [3.8, 4) is 0 Å². The van der Waals surface area contributed by atoms with Crippen LogP contribution in [0.25, 0.3) is 0 Å². The fourth-order valence-electron chi connectivity index (χ4n) is 2.83. The third kappa shape index (κ3) is 4.08. The van der Waals surface area contributed by atoms with E-state index < -0.39 is 0 Å². The molecule has 0 bridgehead atoms. The molecular weight excluding hydrogens is 238 g/mol. The lowest BCUT2D eigenvalue weighted by Gasteiger charge is -2.26.